The summed E-state index contributed by atoms with van der Waals surface area (Å²) in [7, 11) is 7.86. The third-order valence-corrected chi connectivity index (χ3v) is 5.87. The first-order chi connectivity index (χ1) is 18.2. The average molecular weight is 520 g/mol. The molecule has 0 aliphatic rings. The van der Waals surface area contributed by atoms with Crippen molar-refractivity contribution in [1.82, 2.24) is 20.1 Å². The number of aliphatic imine (C=N–C) groups is 1. The zero-order chi connectivity index (χ0) is 27.8. The molecule has 0 bridgehead atoms. The van der Waals surface area contributed by atoms with E-state index in [0.717, 1.165) is 35.2 Å². The van der Waals surface area contributed by atoms with Crippen LogP contribution in [0.15, 0.2) is 60.3 Å². The van der Waals surface area contributed by atoms with Crippen molar-refractivity contribution in [3.05, 3.63) is 60.8 Å². The summed E-state index contributed by atoms with van der Waals surface area (Å²) in [6.45, 7) is 7.44. The number of likely N-dealkylation sites (N-methyl/N-ethyl adjacent to an activating group) is 2. The van der Waals surface area contributed by atoms with E-state index >= 15 is 0 Å². The fourth-order valence-electron chi connectivity index (χ4n) is 3.85. The summed E-state index contributed by atoms with van der Waals surface area (Å²) in [5.41, 5.74) is 13.3. The van der Waals surface area contributed by atoms with Gasteiger partial charge in [0.15, 0.2) is 0 Å². The number of nitrogens with two attached hydrogens (primary N) is 2. The summed E-state index contributed by atoms with van der Waals surface area (Å²) in [6.07, 6.45) is 4.65. The first-order valence-corrected chi connectivity index (χ1v) is 12.2. The predicted molar refractivity (Wildman–Crippen MR) is 156 cm³/mol. The third-order valence-electron chi connectivity index (χ3n) is 5.87. The van der Waals surface area contributed by atoms with Crippen LogP contribution in [-0.4, -0.2) is 67.3 Å². The van der Waals surface area contributed by atoms with Crippen LogP contribution in [0.25, 0.3) is 16.6 Å². The van der Waals surface area contributed by atoms with Gasteiger partial charge in [0.25, 0.3) is 0 Å². The number of amidine groups is 1. The molecule has 0 atom stereocenters. The van der Waals surface area contributed by atoms with E-state index in [9.17, 15) is 4.79 Å². The number of aryl methyl sites for hydroxylation is 1. The second-order valence-corrected chi connectivity index (χ2v) is 8.97. The van der Waals surface area contributed by atoms with E-state index in [1.54, 1.807) is 23.0 Å². The molecule has 3 aromatic rings. The van der Waals surface area contributed by atoms with E-state index in [2.05, 4.69) is 32.3 Å². The highest BCUT2D eigenvalue weighted by Gasteiger charge is 2.16. The lowest BCUT2D eigenvalue weighted by Gasteiger charge is -2.25. The van der Waals surface area contributed by atoms with Crippen LogP contribution in [0.5, 0.6) is 5.75 Å². The molecule has 1 aromatic heterocycles. The molecule has 38 heavy (non-hydrogen) atoms. The smallest absolute Gasteiger partial charge is 0.247 e. The van der Waals surface area contributed by atoms with Gasteiger partial charge in [0.2, 0.25) is 5.91 Å². The molecule has 0 aliphatic carbocycles. The number of hydrogen-bond acceptors (Lipinski definition) is 8. The van der Waals surface area contributed by atoms with Crippen LogP contribution in [0.4, 0.5) is 17.1 Å². The Morgan fingerprint density at radius 1 is 1.24 bits per heavy atom. The fourth-order valence-corrected chi connectivity index (χ4v) is 3.85. The summed E-state index contributed by atoms with van der Waals surface area (Å²) in [5, 5.41) is 8.13. The van der Waals surface area contributed by atoms with Gasteiger partial charge in [-0.05, 0) is 50.9 Å². The molecule has 1 amide bonds. The van der Waals surface area contributed by atoms with Crippen molar-refractivity contribution in [3.8, 4) is 5.75 Å². The highest BCUT2D eigenvalue weighted by Crippen LogP contribution is 2.39. The lowest BCUT2D eigenvalue weighted by Crippen LogP contribution is -2.29. The largest absolute Gasteiger partial charge is 0.492 e. The number of amides is 1. The number of ether oxygens (including phenoxy) is 1. The lowest BCUT2D eigenvalue weighted by atomic mass is 10.1. The molecule has 0 spiro atoms. The molecule has 3 rings (SSSR count). The number of aromatic nitrogens is 2. The molecule has 1 heterocycles. The summed E-state index contributed by atoms with van der Waals surface area (Å²) in [4.78, 5) is 21.0. The van der Waals surface area contributed by atoms with Crippen molar-refractivity contribution in [2.45, 2.75) is 6.92 Å². The lowest BCUT2D eigenvalue weighted by molar-refractivity contribution is -0.111. The Kier molecular flexibility index (Phi) is 9.47. The van der Waals surface area contributed by atoms with E-state index in [1.165, 1.54) is 6.08 Å². The summed E-state index contributed by atoms with van der Waals surface area (Å²) >= 11 is 0. The van der Waals surface area contributed by atoms with Gasteiger partial charge in [0.05, 0.1) is 35.4 Å². The van der Waals surface area contributed by atoms with Crippen molar-refractivity contribution in [2.24, 2.45) is 23.6 Å². The van der Waals surface area contributed by atoms with E-state index in [4.69, 9.17) is 16.3 Å². The van der Waals surface area contributed by atoms with E-state index < -0.39 is 0 Å². The van der Waals surface area contributed by atoms with Gasteiger partial charge in [-0.2, -0.15) is 5.10 Å². The number of nitrogens with zero attached hydrogens (tertiary/aromatic N) is 5. The topological polar surface area (TPSA) is 139 Å². The highest BCUT2D eigenvalue weighted by molar-refractivity contribution is 6.03. The van der Waals surface area contributed by atoms with Crippen molar-refractivity contribution in [2.75, 3.05) is 51.1 Å². The van der Waals surface area contributed by atoms with Gasteiger partial charge in [-0.25, -0.2) is 4.99 Å². The van der Waals surface area contributed by atoms with Crippen LogP contribution in [-0.2, 0) is 11.8 Å². The molecule has 202 valence electrons. The Bertz CT molecular complexity index is 1360. The Balaban J connectivity index is 2.04. The molecular formula is C27H37N9O2. The second kappa shape index (κ2) is 12.7. The van der Waals surface area contributed by atoms with E-state index in [-0.39, 0.29) is 11.7 Å². The first kappa shape index (κ1) is 28.2. The van der Waals surface area contributed by atoms with Gasteiger partial charge in [0.1, 0.15) is 17.3 Å². The van der Waals surface area contributed by atoms with Crippen molar-refractivity contribution in [3.63, 3.8) is 0 Å². The number of hydrogen-bond donors (Lipinski definition) is 4. The molecule has 0 fully saturated rings. The Hall–Kier alpha value is -4.35. The molecule has 0 radical (unpaired) electrons. The second-order valence-electron chi connectivity index (χ2n) is 8.97. The van der Waals surface area contributed by atoms with Crippen LogP contribution >= 0.6 is 0 Å². The van der Waals surface area contributed by atoms with Crippen molar-refractivity contribution in [1.29, 1.82) is 0 Å². The van der Waals surface area contributed by atoms with Gasteiger partial charge in [-0.15, -0.1) is 0 Å². The number of benzene rings is 2. The minimum absolute atomic E-state index is 0.194. The molecule has 0 aliphatic heterocycles. The van der Waals surface area contributed by atoms with Crippen LogP contribution in [0.1, 0.15) is 12.5 Å². The standard InChI is InChI=1S/C27H37N9O2/c1-7-27(37)32-21-14-22(25(38-8-2)16-24(21)35(5)12-11-34(3)4)31-26(28)15-20(33-29)18-9-10-23-19(13-18)17-30-36(23)6/h7,9-10,13-17,33H,1,8,11-12,29H2,2-6H3,(H2,28,31)(H,32,37)/b20-15-. The van der Waals surface area contributed by atoms with Gasteiger partial charge >= 0.3 is 0 Å². The van der Waals surface area contributed by atoms with Crippen molar-refractivity contribution >= 4 is 45.4 Å². The molecular weight excluding hydrogens is 482 g/mol. The maximum absolute atomic E-state index is 12.2. The molecule has 6 N–H and O–H groups in total. The number of carbonyl (C=O) groups is 1. The number of carbonyl (C=O) groups excluding carboxylic acids is 1. The monoisotopic (exact) mass is 519 g/mol. The number of hydrazine groups is 1. The Morgan fingerprint density at radius 3 is 2.66 bits per heavy atom. The Morgan fingerprint density at radius 2 is 2.00 bits per heavy atom. The van der Waals surface area contributed by atoms with Gasteiger partial charge < -0.3 is 31.0 Å². The maximum atomic E-state index is 12.2. The minimum Gasteiger partial charge on any atom is -0.492 e. The molecule has 11 nitrogen and oxygen atoms in total. The number of fused-ring (bicyclic) bond motifs is 1. The first-order valence-electron chi connectivity index (χ1n) is 12.2. The third kappa shape index (κ3) is 6.90. The van der Waals surface area contributed by atoms with Crippen LogP contribution in [0, 0.1) is 0 Å². The molecule has 0 unspecified atom stereocenters. The van der Waals surface area contributed by atoms with Gasteiger partial charge in [-0.3, -0.25) is 15.3 Å². The zero-order valence-corrected chi connectivity index (χ0v) is 22.7. The summed E-state index contributed by atoms with van der Waals surface area (Å²) < 4.78 is 7.70. The summed E-state index contributed by atoms with van der Waals surface area (Å²) in [6, 6.07) is 9.45. The van der Waals surface area contributed by atoms with Gasteiger partial charge in [0, 0.05) is 44.7 Å². The number of rotatable bonds is 12. The van der Waals surface area contributed by atoms with Crippen LogP contribution < -0.4 is 32.0 Å². The van der Waals surface area contributed by atoms with Crippen LogP contribution in [0.2, 0.25) is 0 Å². The Labute approximate surface area is 223 Å². The van der Waals surface area contributed by atoms with E-state index in [1.807, 2.05) is 64.3 Å². The molecule has 0 saturated carbocycles. The molecule has 0 saturated heterocycles. The molecule has 11 heteroatoms. The number of nitrogens with one attached hydrogen (secondary N) is 2. The normalized spacial score (nSPS) is 12.1. The predicted octanol–water partition coefficient (Wildman–Crippen LogP) is 2.59. The van der Waals surface area contributed by atoms with Crippen LogP contribution in [0.3, 0.4) is 0 Å². The zero-order valence-electron chi connectivity index (χ0n) is 22.7. The highest BCUT2D eigenvalue weighted by atomic mass is 16.5. The SMILES string of the molecule is C=CC(=O)Nc1cc(N=C(N)/C=C(\NN)c2ccc3c(cnn3C)c2)c(OCC)cc1N(C)CCN(C)C. The molecule has 2 aromatic carbocycles. The van der Waals surface area contributed by atoms with E-state index in [0.29, 0.717) is 29.4 Å². The van der Waals surface area contributed by atoms with Crippen molar-refractivity contribution < 1.29 is 9.53 Å². The minimum atomic E-state index is -0.334. The quantitative estimate of drug-likeness (QED) is 0.0942. The van der Waals surface area contributed by atoms with Gasteiger partial charge in [-0.1, -0.05) is 12.6 Å². The average Bonchev–Trinajstić information content (AvgIpc) is 3.26. The number of anilines is 2. The maximum Gasteiger partial charge on any atom is 0.247 e. The fraction of sp³-hybridized carbons (Fsp3) is 0.296. The summed E-state index contributed by atoms with van der Waals surface area (Å²) in [5.74, 6) is 6.22.